The predicted molar refractivity (Wildman–Crippen MR) is 48.5 cm³/mol. The molecule has 0 aromatic heterocycles. The molecule has 2 nitrogen and oxygen atoms in total. The lowest BCUT2D eigenvalue weighted by Gasteiger charge is -2.09. The van der Waals surface area contributed by atoms with Crippen molar-refractivity contribution in [2.75, 3.05) is 0 Å². The Balaban J connectivity index is 2.18. The van der Waals surface area contributed by atoms with Crippen molar-refractivity contribution in [3.63, 3.8) is 0 Å². The first-order chi connectivity index (χ1) is 5.24. The molecule has 0 saturated carbocycles. The number of hydrogen-bond donors (Lipinski definition) is 2. The van der Waals surface area contributed by atoms with Gasteiger partial charge in [0.2, 0.25) is 0 Å². The van der Waals surface area contributed by atoms with Gasteiger partial charge in [-0.25, -0.2) is 0 Å². The largest absolute Gasteiger partial charge is 0.298 e. The van der Waals surface area contributed by atoms with Crippen LogP contribution in [-0.2, 0) is 0 Å². The molecule has 1 fully saturated rings. The van der Waals surface area contributed by atoms with Crippen LogP contribution in [-0.4, -0.2) is 18.2 Å². The van der Waals surface area contributed by atoms with Gasteiger partial charge < -0.3 is 0 Å². The second kappa shape index (κ2) is 4.07. The van der Waals surface area contributed by atoms with E-state index in [-0.39, 0.29) is 0 Å². The third-order valence-electron chi connectivity index (χ3n) is 2.52. The first-order valence-electron chi connectivity index (χ1n) is 4.76. The summed E-state index contributed by atoms with van der Waals surface area (Å²) in [6, 6.07) is 1.27. The molecule has 3 atom stereocenters. The van der Waals surface area contributed by atoms with Crippen LogP contribution in [0.15, 0.2) is 0 Å². The second-order valence-electron chi connectivity index (χ2n) is 3.61. The normalized spacial score (nSPS) is 37.9. The van der Waals surface area contributed by atoms with Gasteiger partial charge in [-0.05, 0) is 20.3 Å². The van der Waals surface area contributed by atoms with Gasteiger partial charge in [-0.1, -0.05) is 19.8 Å². The van der Waals surface area contributed by atoms with Crippen LogP contribution in [0.1, 0.15) is 40.0 Å². The van der Waals surface area contributed by atoms with Crippen molar-refractivity contribution < 1.29 is 0 Å². The molecule has 1 aliphatic heterocycles. The minimum Gasteiger partial charge on any atom is -0.298 e. The van der Waals surface area contributed by atoms with E-state index in [1.807, 2.05) is 0 Å². The Hall–Kier alpha value is -0.0800. The highest BCUT2D eigenvalue weighted by Gasteiger charge is 2.24. The van der Waals surface area contributed by atoms with E-state index in [0.717, 1.165) is 0 Å². The molecule has 66 valence electrons. The van der Waals surface area contributed by atoms with Crippen molar-refractivity contribution >= 4 is 0 Å². The molecule has 11 heavy (non-hydrogen) atoms. The van der Waals surface area contributed by atoms with Gasteiger partial charge in [0.25, 0.3) is 0 Å². The quantitative estimate of drug-likeness (QED) is 0.646. The molecule has 0 aromatic rings. The molecule has 0 aliphatic carbocycles. The monoisotopic (exact) mass is 156 g/mol. The fourth-order valence-electron chi connectivity index (χ4n) is 1.55. The third-order valence-corrected chi connectivity index (χ3v) is 2.52. The van der Waals surface area contributed by atoms with Crippen LogP contribution in [0, 0.1) is 0 Å². The van der Waals surface area contributed by atoms with Crippen molar-refractivity contribution in [2.24, 2.45) is 0 Å². The molecule has 0 amide bonds. The lowest BCUT2D eigenvalue weighted by Crippen LogP contribution is -2.32. The zero-order chi connectivity index (χ0) is 8.27. The number of unbranched alkanes of at least 4 members (excludes halogenated alkanes) is 1. The fraction of sp³-hybridized carbons (Fsp3) is 1.00. The van der Waals surface area contributed by atoms with Crippen LogP contribution in [0.3, 0.4) is 0 Å². The highest BCUT2D eigenvalue weighted by molar-refractivity contribution is 4.86. The van der Waals surface area contributed by atoms with Gasteiger partial charge in [-0.15, -0.1) is 0 Å². The Kier molecular flexibility index (Phi) is 3.34. The smallest absolute Gasteiger partial charge is 0.0576 e. The van der Waals surface area contributed by atoms with Crippen LogP contribution < -0.4 is 10.6 Å². The molecule has 1 aliphatic rings. The van der Waals surface area contributed by atoms with Crippen molar-refractivity contribution in [1.82, 2.24) is 10.6 Å². The van der Waals surface area contributed by atoms with Crippen LogP contribution in [0.5, 0.6) is 0 Å². The fourth-order valence-corrected chi connectivity index (χ4v) is 1.55. The van der Waals surface area contributed by atoms with Crippen molar-refractivity contribution in [3.8, 4) is 0 Å². The average molecular weight is 156 g/mol. The Morgan fingerprint density at radius 3 is 2.09 bits per heavy atom. The summed E-state index contributed by atoms with van der Waals surface area (Å²) in [6.45, 7) is 6.72. The summed E-state index contributed by atoms with van der Waals surface area (Å²) in [5.41, 5.74) is 0. The van der Waals surface area contributed by atoms with Crippen LogP contribution in [0.4, 0.5) is 0 Å². The molecule has 0 spiro atoms. The van der Waals surface area contributed by atoms with Gasteiger partial charge >= 0.3 is 0 Å². The maximum absolute atomic E-state index is 3.53. The van der Waals surface area contributed by atoms with Gasteiger partial charge in [-0.3, -0.25) is 10.6 Å². The third kappa shape index (κ3) is 2.46. The molecule has 2 heteroatoms. The zero-order valence-electron chi connectivity index (χ0n) is 7.85. The molecule has 1 rings (SSSR count). The number of rotatable bonds is 3. The standard InChI is InChI=1S/C9H20N2/c1-4-5-6-9-10-7(2)8(3)11-9/h7-11H,4-6H2,1-3H3/t7-,8?,9?/m1/s1. The predicted octanol–water partition coefficient (Wildman–Crippen LogP) is 1.47. The summed E-state index contributed by atoms with van der Waals surface area (Å²) in [4.78, 5) is 0. The summed E-state index contributed by atoms with van der Waals surface area (Å²) < 4.78 is 0. The van der Waals surface area contributed by atoms with Crippen LogP contribution in [0.25, 0.3) is 0 Å². The highest BCUT2D eigenvalue weighted by atomic mass is 15.2. The minimum atomic E-state index is 0.569. The number of nitrogens with one attached hydrogen (secondary N) is 2. The molecular formula is C9H20N2. The minimum absolute atomic E-state index is 0.569. The van der Waals surface area contributed by atoms with Gasteiger partial charge in [0, 0.05) is 12.1 Å². The molecule has 2 unspecified atom stereocenters. The summed E-state index contributed by atoms with van der Waals surface area (Å²) in [6.07, 6.45) is 4.46. The number of hydrogen-bond acceptors (Lipinski definition) is 2. The van der Waals surface area contributed by atoms with Crippen molar-refractivity contribution in [1.29, 1.82) is 0 Å². The Labute approximate surface area is 69.8 Å². The van der Waals surface area contributed by atoms with E-state index < -0.39 is 0 Å². The van der Waals surface area contributed by atoms with E-state index in [0.29, 0.717) is 18.2 Å². The zero-order valence-corrected chi connectivity index (χ0v) is 7.85. The van der Waals surface area contributed by atoms with E-state index in [2.05, 4.69) is 31.4 Å². The van der Waals surface area contributed by atoms with Crippen LogP contribution >= 0.6 is 0 Å². The molecular weight excluding hydrogens is 136 g/mol. The molecule has 1 saturated heterocycles. The molecule has 0 aromatic carbocycles. The second-order valence-corrected chi connectivity index (χ2v) is 3.61. The van der Waals surface area contributed by atoms with Crippen molar-refractivity contribution in [3.05, 3.63) is 0 Å². The molecule has 0 bridgehead atoms. The topological polar surface area (TPSA) is 24.1 Å². The van der Waals surface area contributed by atoms with E-state index in [1.165, 1.54) is 19.3 Å². The van der Waals surface area contributed by atoms with Crippen LogP contribution in [0.2, 0.25) is 0 Å². The Morgan fingerprint density at radius 1 is 1.09 bits per heavy atom. The highest BCUT2D eigenvalue weighted by Crippen LogP contribution is 2.08. The first kappa shape index (κ1) is 9.01. The first-order valence-corrected chi connectivity index (χ1v) is 4.76. The maximum Gasteiger partial charge on any atom is 0.0576 e. The summed E-state index contributed by atoms with van der Waals surface area (Å²) >= 11 is 0. The SMILES string of the molecule is CCCCC1NC(C)[C@@H](C)N1. The lowest BCUT2D eigenvalue weighted by molar-refractivity contribution is 0.473. The van der Waals surface area contributed by atoms with E-state index in [9.17, 15) is 0 Å². The average Bonchev–Trinajstić information content (AvgIpc) is 2.28. The van der Waals surface area contributed by atoms with Crippen molar-refractivity contribution in [2.45, 2.75) is 58.3 Å². The Morgan fingerprint density at radius 2 is 1.64 bits per heavy atom. The van der Waals surface area contributed by atoms with Gasteiger partial charge in [0.05, 0.1) is 6.17 Å². The molecule has 0 radical (unpaired) electrons. The van der Waals surface area contributed by atoms with E-state index in [1.54, 1.807) is 0 Å². The van der Waals surface area contributed by atoms with Gasteiger partial charge in [-0.2, -0.15) is 0 Å². The summed E-state index contributed by atoms with van der Waals surface area (Å²) in [5.74, 6) is 0. The Bertz CT molecular complexity index is 104. The van der Waals surface area contributed by atoms with Gasteiger partial charge in [0.15, 0.2) is 0 Å². The van der Waals surface area contributed by atoms with Gasteiger partial charge in [0.1, 0.15) is 0 Å². The molecule has 2 N–H and O–H groups in total. The molecule has 1 heterocycles. The summed E-state index contributed by atoms with van der Waals surface area (Å²) in [7, 11) is 0. The van der Waals surface area contributed by atoms with E-state index in [4.69, 9.17) is 0 Å². The maximum atomic E-state index is 3.53. The lowest BCUT2D eigenvalue weighted by atomic mass is 10.2. The van der Waals surface area contributed by atoms with E-state index >= 15 is 0 Å². The summed E-state index contributed by atoms with van der Waals surface area (Å²) in [5, 5.41) is 7.05.